The highest BCUT2D eigenvalue weighted by molar-refractivity contribution is 6.30. The van der Waals surface area contributed by atoms with Gasteiger partial charge in [-0.05, 0) is 100.0 Å². The lowest BCUT2D eigenvalue weighted by atomic mass is 9.86. The van der Waals surface area contributed by atoms with E-state index in [-0.39, 0.29) is 11.9 Å². The smallest absolute Gasteiger partial charge is 0.324 e. The number of piperidine rings is 2. The van der Waals surface area contributed by atoms with Crippen molar-refractivity contribution in [3.8, 4) is 5.75 Å². The second kappa shape index (κ2) is 14.1. The van der Waals surface area contributed by atoms with Gasteiger partial charge < -0.3 is 19.8 Å². The van der Waals surface area contributed by atoms with Crippen LogP contribution >= 0.6 is 11.6 Å². The van der Waals surface area contributed by atoms with E-state index in [1.165, 1.54) is 12.1 Å². The average Bonchev–Trinajstić information content (AvgIpc) is 2.88. The Morgan fingerprint density at radius 3 is 2.15 bits per heavy atom. The van der Waals surface area contributed by atoms with Crippen LogP contribution in [0.15, 0.2) is 42.5 Å². The van der Waals surface area contributed by atoms with Crippen LogP contribution in [0.4, 0.5) is 4.39 Å². The highest BCUT2D eigenvalue weighted by Crippen LogP contribution is 2.30. The maximum absolute atomic E-state index is 13.3. The summed E-state index contributed by atoms with van der Waals surface area (Å²) in [5.74, 6) is -0.464. The van der Waals surface area contributed by atoms with Crippen molar-refractivity contribution in [2.24, 2.45) is 5.92 Å². The van der Waals surface area contributed by atoms with E-state index in [0.29, 0.717) is 12.3 Å². The largest absolute Gasteiger partial charge is 0.490 e. The van der Waals surface area contributed by atoms with Gasteiger partial charge in [-0.1, -0.05) is 23.7 Å². The third-order valence-electron chi connectivity index (χ3n) is 7.72. The molecular weight excluding hydrogens is 523 g/mol. The van der Waals surface area contributed by atoms with E-state index in [0.717, 1.165) is 87.2 Å². The first kappa shape index (κ1) is 30.9. The monoisotopic (exact) mass is 562 g/mol. The second-order valence-electron chi connectivity index (χ2n) is 10.9. The van der Waals surface area contributed by atoms with Crippen molar-refractivity contribution in [1.82, 2.24) is 9.80 Å². The summed E-state index contributed by atoms with van der Waals surface area (Å²) in [5, 5.41) is 18.2. The number of carbonyl (C=O) groups is 2. The van der Waals surface area contributed by atoms with Gasteiger partial charge in [0.1, 0.15) is 23.2 Å². The summed E-state index contributed by atoms with van der Waals surface area (Å²) in [5.41, 5.74) is 0.926. The van der Waals surface area contributed by atoms with Crippen molar-refractivity contribution in [3.05, 3.63) is 64.4 Å². The molecule has 214 valence electrons. The van der Waals surface area contributed by atoms with E-state index >= 15 is 0 Å². The molecule has 0 aromatic heterocycles. The number of nitrogens with zero attached hydrogens (tertiary/aromatic N) is 2. The number of benzene rings is 2. The molecule has 2 aliphatic heterocycles. The minimum absolute atomic E-state index is 0.232. The number of hydrogen-bond acceptors (Lipinski definition) is 5. The van der Waals surface area contributed by atoms with Gasteiger partial charge in [0.15, 0.2) is 0 Å². The summed E-state index contributed by atoms with van der Waals surface area (Å²) in [6.45, 7) is 9.55. The number of aryl methyl sites for hydroxylation is 1. The summed E-state index contributed by atoms with van der Waals surface area (Å²) in [4.78, 5) is 25.9. The lowest BCUT2D eigenvalue weighted by Crippen LogP contribution is -2.57. The van der Waals surface area contributed by atoms with Crippen molar-refractivity contribution in [3.63, 3.8) is 0 Å². The first-order valence-electron chi connectivity index (χ1n) is 13.5. The summed E-state index contributed by atoms with van der Waals surface area (Å²) in [6.07, 6.45) is 4.61. The van der Waals surface area contributed by atoms with Crippen LogP contribution in [-0.2, 0) is 16.0 Å². The molecule has 0 spiro atoms. The standard InChI is InChI=1S/C28H36ClFN2O3.C2H4O2/c1-20-17-23(29)5-8-26(20)35-25-11-13-31(14-12-25)19-22-9-15-32(16-10-22)28(2,27(33)34)18-21-3-6-24(30)7-4-21;1-2(3)4/h3-8,17,22,25H,9-16,18-19H2,1-2H3,(H,33,34);1H3,(H,3,4)/t28-;/m0./s1. The molecule has 39 heavy (non-hydrogen) atoms. The fourth-order valence-corrected chi connectivity index (χ4v) is 5.66. The molecule has 2 fully saturated rings. The molecule has 0 bridgehead atoms. The molecule has 2 aromatic rings. The molecule has 9 heteroatoms. The van der Waals surface area contributed by atoms with Crippen LogP contribution in [0.1, 0.15) is 50.7 Å². The third-order valence-corrected chi connectivity index (χ3v) is 7.95. The molecule has 4 rings (SSSR count). The van der Waals surface area contributed by atoms with Crippen LogP contribution in [0.5, 0.6) is 5.75 Å². The summed E-state index contributed by atoms with van der Waals surface area (Å²) in [7, 11) is 0. The Morgan fingerprint density at radius 2 is 1.62 bits per heavy atom. The van der Waals surface area contributed by atoms with E-state index < -0.39 is 17.5 Å². The molecule has 0 radical (unpaired) electrons. The van der Waals surface area contributed by atoms with Crippen molar-refractivity contribution in [1.29, 1.82) is 0 Å². The number of hydrogen-bond donors (Lipinski definition) is 2. The quantitative estimate of drug-likeness (QED) is 0.438. The van der Waals surface area contributed by atoms with Gasteiger partial charge in [0, 0.05) is 38.0 Å². The first-order chi connectivity index (χ1) is 18.5. The van der Waals surface area contributed by atoms with Crippen molar-refractivity contribution < 1.29 is 28.9 Å². The highest BCUT2D eigenvalue weighted by Gasteiger charge is 2.41. The molecular formula is C30H40ClFN2O5. The van der Waals surface area contributed by atoms with E-state index in [2.05, 4.69) is 9.80 Å². The minimum atomic E-state index is -0.988. The summed E-state index contributed by atoms with van der Waals surface area (Å²) < 4.78 is 19.5. The molecule has 0 amide bonds. The summed E-state index contributed by atoms with van der Waals surface area (Å²) in [6, 6.07) is 11.9. The number of rotatable bonds is 8. The van der Waals surface area contributed by atoms with Crippen LogP contribution < -0.4 is 4.74 Å². The Kier molecular flexibility index (Phi) is 11.2. The molecule has 2 saturated heterocycles. The van der Waals surface area contributed by atoms with Gasteiger partial charge in [-0.3, -0.25) is 14.5 Å². The summed E-state index contributed by atoms with van der Waals surface area (Å²) >= 11 is 6.06. The minimum Gasteiger partial charge on any atom is -0.490 e. The van der Waals surface area contributed by atoms with Crippen LogP contribution in [0.2, 0.25) is 5.02 Å². The number of halogens is 2. The Morgan fingerprint density at radius 1 is 1.03 bits per heavy atom. The van der Waals surface area contributed by atoms with Crippen LogP contribution in [0, 0.1) is 18.7 Å². The zero-order valence-corrected chi connectivity index (χ0v) is 23.8. The zero-order chi connectivity index (χ0) is 28.6. The molecule has 0 aliphatic carbocycles. The van der Waals surface area contributed by atoms with Crippen molar-refractivity contribution >= 4 is 23.5 Å². The van der Waals surface area contributed by atoms with E-state index in [1.54, 1.807) is 19.1 Å². The molecule has 2 N–H and O–H groups in total. The fraction of sp³-hybridized carbons (Fsp3) is 0.533. The van der Waals surface area contributed by atoms with E-state index in [1.807, 2.05) is 25.1 Å². The lowest BCUT2D eigenvalue weighted by molar-refractivity contribution is -0.151. The predicted molar refractivity (Wildman–Crippen MR) is 150 cm³/mol. The van der Waals surface area contributed by atoms with E-state index in [4.69, 9.17) is 26.2 Å². The Balaban J connectivity index is 0.000000983. The molecule has 0 unspecified atom stereocenters. The molecule has 1 atom stereocenters. The van der Waals surface area contributed by atoms with Gasteiger partial charge >= 0.3 is 5.97 Å². The molecule has 2 aromatic carbocycles. The molecule has 2 heterocycles. The molecule has 0 saturated carbocycles. The normalized spacial score (nSPS) is 19.0. The van der Waals surface area contributed by atoms with Gasteiger partial charge in [0.25, 0.3) is 5.97 Å². The fourth-order valence-electron chi connectivity index (χ4n) is 5.43. The Hall–Kier alpha value is -2.68. The van der Waals surface area contributed by atoms with Crippen LogP contribution in [0.3, 0.4) is 0 Å². The van der Waals surface area contributed by atoms with Crippen molar-refractivity contribution in [2.75, 3.05) is 32.7 Å². The zero-order valence-electron chi connectivity index (χ0n) is 23.0. The SMILES string of the molecule is CC(=O)O.Cc1cc(Cl)ccc1OC1CCN(CC2CCN([C@@](C)(Cc3ccc(F)cc3)C(=O)O)CC2)CC1. The van der Waals surface area contributed by atoms with Gasteiger partial charge in [-0.2, -0.15) is 0 Å². The maximum Gasteiger partial charge on any atom is 0.324 e. The Labute approximate surface area is 235 Å². The number of ether oxygens (including phenoxy) is 1. The maximum atomic E-state index is 13.3. The molecule has 2 aliphatic rings. The number of likely N-dealkylation sites (tertiary alicyclic amines) is 2. The molecule has 7 nitrogen and oxygen atoms in total. The van der Waals surface area contributed by atoms with Gasteiger partial charge in [0.05, 0.1) is 0 Å². The lowest BCUT2D eigenvalue weighted by Gasteiger charge is -2.43. The van der Waals surface area contributed by atoms with Gasteiger partial charge in [0.2, 0.25) is 0 Å². The first-order valence-corrected chi connectivity index (χ1v) is 13.9. The average molecular weight is 563 g/mol. The van der Waals surface area contributed by atoms with Crippen molar-refractivity contribution in [2.45, 2.75) is 64.5 Å². The van der Waals surface area contributed by atoms with E-state index in [9.17, 15) is 14.3 Å². The van der Waals surface area contributed by atoms with Crippen LogP contribution in [-0.4, -0.2) is 76.3 Å². The van der Waals surface area contributed by atoms with Gasteiger partial charge in [-0.15, -0.1) is 0 Å². The van der Waals surface area contributed by atoms with Crippen LogP contribution in [0.25, 0.3) is 0 Å². The van der Waals surface area contributed by atoms with Gasteiger partial charge in [-0.25, -0.2) is 4.39 Å². The third kappa shape index (κ3) is 9.19. The second-order valence-corrected chi connectivity index (χ2v) is 11.3. The highest BCUT2D eigenvalue weighted by atomic mass is 35.5. The topological polar surface area (TPSA) is 90.3 Å². The Bertz CT molecular complexity index is 1100. The number of aliphatic carboxylic acids is 2. The number of carboxylic acid groups (broad SMARTS) is 2. The number of carboxylic acids is 2. The predicted octanol–water partition coefficient (Wildman–Crippen LogP) is 5.52.